The molecule has 5 rings (SSSR count). The number of aromatic nitrogens is 1. The highest BCUT2D eigenvalue weighted by Gasteiger charge is 2.44. The monoisotopic (exact) mass is 469 g/mol. The molecule has 1 saturated heterocycles. The number of nitrogens with zero attached hydrogens (tertiary/aromatic N) is 3. The number of amides is 1. The average molecular weight is 470 g/mol. The molecule has 182 valence electrons. The predicted octanol–water partition coefficient (Wildman–Crippen LogP) is 4.31. The molecule has 35 heavy (non-hydrogen) atoms. The Bertz CT molecular complexity index is 1140. The molecule has 2 aliphatic rings. The van der Waals surface area contributed by atoms with Crippen molar-refractivity contribution in [3.05, 3.63) is 89.6 Å². The van der Waals surface area contributed by atoms with Crippen molar-refractivity contribution in [2.45, 2.75) is 44.3 Å². The number of carbonyl (C=O) groups excluding carboxylic acids is 1. The molecular formula is C29H35N5O. The van der Waals surface area contributed by atoms with E-state index >= 15 is 0 Å². The molecule has 6 heteroatoms. The Morgan fingerprint density at radius 2 is 1.69 bits per heavy atom. The van der Waals surface area contributed by atoms with Crippen LogP contribution in [0.25, 0.3) is 0 Å². The van der Waals surface area contributed by atoms with Crippen LogP contribution in [-0.4, -0.2) is 53.4 Å². The van der Waals surface area contributed by atoms with E-state index in [2.05, 4.69) is 64.7 Å². The van der Waals surface area contributed by atoms with Crippen molar-refractivity contribution < 1.29 is 4.79 Å². The zero-order valence-corrected chi connectivity index (χ0v) is 20.7. The topological polar surface area (TPSA) is 60.5 Å². The zero-order chi connectivity index (χ0) is 24.3. The third-order valence-corrected chi connectivity index (χ3v) is 7.29. The number of pyridine rings is 1. The summed E-state index contributed by atoms with van der Waals surface area (Å²) in [5.41, 5.74) is 3.50. The molecule has 1 unspecified atom stereocenters. The summed E-state index contributed by atoms with van der Waals surface area (Å²) >= 11 is 0. The van der Waals surface area contributed by atoms with Gasteiger partial charge < -0.3 is 15.5 Å². The number of hydrogen-bond acceptors (Lipinski definition) is 5. The second-order valence-corrected chi connectivity index (χ2v) is 10.2. The van der Waals surface area contributed by atoms with Crippen LogP contribution in [0.2, 0.25) is 0 Å². The summed E-state index contributed by atoms with van der Waals surface area (Å²) in [7, 11) is 2.14. The van der Waals surface area contributed by atoms with Crippen LogP contribution in [-0.2, 0) is 23.3 Å². The van der Waals surface area contributed by atoms with Crippen LogP contribution in [0.1, 0.15) is 36.6 Å². The van der Waals surface area contributed by atoms with E-state index in [9.17, 15) is 4.79 Å². The van der Waals surface area contributed by atoms with Crippen molar-refractivity contribution in [1.82, 2.24) is 20.1 Å². The maximum atomic E-state index is 13.9. The second kappa shape index (κ2) is 10.2. The third kappa shape index (κ3) is 5.39. The van der Waals surface area contributed by atoms with Gasteiger partial charge in [0.05, 0.1) is 5.69 Å². The van der Waals surface area contributed by atoms with Gasteiger partial charge in [-0.3, -0.25) is 9.69 Å². The van der Waals surface area contributed by atoms with E-state index in [1.165, 1.54) is 5.56 Å². The zero-order valence-electron chi connectivity index (χ0n) is 20.7. The predicted molar refractivity (Wildman–Crippen MR) is 141 cm³/mol. The van der Waals surface area contributed by atoms with Gasteiger partial charge in [0.1, 0.15) is 11.2 Å². The van der Waals surface area contributed by atoms with E-state index in [-0.39, 0.29) is 11.9 Å². The summed E-state index contributed by atoms with van der Waals surface area (Å²) in [4.78, 5) is 23.6. The van der Waals surface area contributed by atoms with Gasteiger partial charge in [0.25, 0.3) is 0 Å². The number of benzene rings is 2. The van der Waals surface area contributed by atoms with Gasteiger partial charge in [0.15, 0.2) is 0 Å². The Kier molecular flexibility index (Phi) is 6.84. The van der Waals surface area contributed by atoms with E-state index in [0.29, 0.717) is 6.54 Å². The SMILES string of the molecule is CN1CCC(NC(=O)C2(C)CN(Cc3ccccc3)Cc3ccc(Nc4ccccc4)nc32)CC1. The summed E-state index contributed by atoms with van der Waals surface area (Å²) in [6.07, 6.45) is 1.98. The lowest BCUT2D eigenvalue weighted by atomic mass is 9.78. The smallest absolute Gasteiger partial charge is 0.233 e. The second-order valence-electron chi connectivity index (χ2n) is 10.2. The van der Waals surface area contributed by atoms with Gasteiger partial charge in [-0.1, -0.05) is 54.6 Å². The minimum atomic E-state index is -0.736. The molecule has 2 N–H and O–H groups in total. The number of hydrogen-bond donors (Lipinski definition) is 2. The first-order valence-corrected chi connectivity index (χ1v) is 12.6. The minimum absolute atomic E-state index is 0.0791. The Labute approximate surface area is 208 Å². The van der Waals surface area contributed by atoms with Crippen molar-refractivity contribution in [2.75, 3.05) is 32.0 Å². The first kappa shape index (κ1) is 23.5. The van der Waals surface area contributed by atoms with Crippen LogP contribution < -0.4 is 10.6 Å². The Morgan fingerprint density at radius 1 is 1.00 bits per heavy atom. The molecule has 3 aromatic rings. The molecule has 1 atom stereocenters. The molecule has 1 amide bonds. The minimum Gasteiger partial charge on any atom is -0.352 e. The highest BCUT2D eigenvalue weighted by atomic mass is 16.2. The van der Waals surface area contributed by atoms with E-state index in [0.717, 1.165) is 61.8 Å². The summed E-state index contributed by atoms with van der Waals surface area (Å²) in [6.45, 7) is 6.31. The summed E-state index contributed by atoms with van der Waals surface area (Å²) in [5, 5.41) is 6.80. The van der Waals surface area contributed by atoms with Gasteiger partial charge in [0.2, 0.25) is 5.91 Å². The Morgan fingerprint density at radius 3 is 2.40 bits per heavy atom. The van der Waals surface area contributed by atoms with Gasteiger partial charge in [-0.25, -0.2) is 4.98 Å². The molecule has 0 bridgehead atoms. The van der Waals surface area contributed by atoms with Gasteiger partial charge in [-0.15, -0.1) is 0 Å². The standard InChI is InChI=1S/C29H35N5O/c1-29(28(35)31-25-15-17-33(2)18-16-25)21-34(19-22-9-5-3-6-10-22)20-23-13-14-26(32-27(23)29)30-24-11-7-4-8-12-24/h3-14,25H,15-21H2,1-2H3,(H,30,32)(H,31,35). The van der Waals surface area contributed by atoms with Gasteiger partial charge in [-0.05, 0) is 69.2 Å². The van der Waals surface area contributed by atoms with Crippen molar-refractivity contribution in [3.8, 4) is 0 Å². The Balaban J connectivity index is 1.43. The van der Waals surface area contributed by atoms with E-state index in [1.54, 1.807) is 0 Å². The number of likely N-dealkylation sites (tertiary alicyclic amines) is 1. The summed E-state index contributed by atoms with van der Waals surface area (Å²) in [5.74, 6) is 0.847. The quantitative estimate of drug-likeness (QED) is 0.563. The van der Waals surface area contributed by atoms with Crippen LogP contribution in [0, 0.1) is 0 Å². The molecule has 1 fully saturated rings. The summed E-state index contributed by atoms with van der Waals surface area (Å²) < 4.78 is 0. The average Bonchev–Trinajstić information content (AvgIpc) is 2.87. The molecule has 0 aliphatic carbocycles. The lowest BCUT2D eigenvalue weighted by molar-refractivity contribution is -0.128. The van der Waals surface area contributed by atoms with Crippen molar-refractivity contribution >= 4 is 17.4 Å². The normalized spacial score (nSPS) is 21.3. The van der Waals surface area contributed by atoms with Crippen LogP contribution >= 0.6 is 0 Å². The number of nitrogens with one attached hydrogen (secondary N) is 2. The van der Waals surface area contributed by atoms with Gasteiger partial charge in [-0.2, -0.15) is 0 Å². The number of rotatable bonds is 6. The number of piperidine rings is 1. The molecule has 6 nitrogen and oxygen atoms in total. The Hall–Kier alpha value is -3.22. The number of carbonyl (C=O) groups is 1. The van der Waals surface area contributed by atoms with E-state index in [4.69, 9.17) is 4.98 Å². The highest BCUT2D eigenvalue weighted by molar-refractivity contribution is 5.88. The molecule has 0 saturated carbocycles. The molecule has 0 radical (unpaired) electrons. The maximum Gasteiger partial charge on any atom is 0.233 e. The van der Waals surface area contributed by atoms with Crippen LogP contribution in [0.4, 0.5) is 11.5 Å². The summed E-state index contributed by atoms with van der Waals surface area (Å²) in [6, 6.07) is 24.9. The van der Waals surface area contributed by atoms with Gasteiger partial charge >= 0.3 is 0 Å². The molecule has 0 spiro atoms. The molecule has 2 aliphatic heterocycles. The van der Waals surface area contributed by atoms with Crippen molar-refractivity contribution in [1.29, 1.82) is 0 Å². The third-order valence-electron chi connectivity index (χ3n) is 7.29. The first-order chi connectivity index (χ1) is 17.0. The lowest BCUT2D eigenvalue weighted by Crippen LogP contribution is -2.56. The van der Waals surface area contributed by atoms with Crippen LogP contribution in [0.3, 0.4) is 0 Å². The fourth-order valence-electron chi connectivity index (χ4n) is 5.28. The highest BCUT2D eigenvalue weighted by Crippen LogP contribution is 2.35. The number of fused-ring (bicyclic) bond motifs is 1. The molecular weight excluding hydrogens is 434 g/mol. The molecule has 2 aromatic carbocycles. The maximum absolute atomic E-state index is 13.9. The van der Waals surface area contributed by atoms with Crippen LogP contribution in [0.15, 0.2) is 72.8 Å². The number of anilines is 2. The largest absolute Gasteiger partial charge is 0.352 e. The van der Waals surface area contributed by atoms with E-state index < -0.39 is 5.41 Å². The van der Waals surface area contributed by atoms with E-state index in [1.807, 2.05) is 42.5 Å². The lowest BCUT2D eigenvalue weighted by Gasteiger charge is -2.41. The van der Waals surface area contributed by atoms with Crippen molar-refractivity contribution in [2.24, 2.45) is 0 Å². The molecule has 1 aromatic heterocycles. The number of para-hydroxylation sites is 1. The fraction of sp³-hybridized carbons (Fsp3) is 0.379. The van der Waals surface area contributed by atoms with Gasteiger partial charge in [0, 0.05) is 31.4 Å². The van der Waals surface area contributed by atoms with Crippen molar-refractivity contribution in [3.63, 3.8) is 0 Å². The first-order valence-electron chi connectivity index (χ1n) is 12.6. The van der Waals surface area contributed by atoms with Crippen LogP contribution in [0.5, 0.6) is 0 Å². The molecule has 3 heterocycles. The fourth-order valence-corrected chi connectivity index (χ4v) is 5.28.